The maximum atomic E-state index is 9.19. The van der Waals surface area contributed by atoms with E-state index in [4.69, 9.17) is 9.16 Å². The third-order valence-corrected chi connectivity index (χ3v) is 8.13. The standard InChI is InChI=1S/C11H24O3Si/c1-11(2,3)15(4,5)14-10-8-13-7-9(10)6-12/h9-10,12H,6-8H2,1-5H3/t9-,10-/m1/s1. The van der Waals surface area contributed by atoms with E-state index in [0.717, 1.165) is 0 Å². The molecule has 1 N–H and O–H groups in total. The monoisotopic (exact) mass is 232 g/mol. The molecular formula is C11H24O3Si. The van der Waals surface area contributed by atoms with Gasteiger partial charge >= 0.3 is 0 Å². The highest BCUT2D eigenvalue weighted by Gasteiger charge is 2.42. The molecule has 0 bridgehead atoms. The van der Waals surface area contributed by atoms with Crippen LogP contribution in [0.1, 0.15) is 20.8 Å². The minimum Gasteiger partial charge on any atom is -0.411 e. The van der Waals surface area contributed by atoms with Crippen LogP contribution in [0.25, 0.3) is 0 Å². The smallest absolute Gasteiger partial charge is 0.192 e. The summed E-state index contributed by atoms with van der Waals surface area (Å²) in [6.07, 6.45) is 0.0934. The van der Waals surface area contributed by atoms with Crippen molar-refractivity contribution < 1.29 is 14.3 Å². The fourth-order valence-electron chi connectivity index (χ4n) is 1.43. The summed E-state index contributed by atoms with van der Waals surface area (Å²) in [5.74, 6) is 0.166. The van der Waals surface area contributed by atoms with E-state index >= 15 is 0 Å². The average molecular weight is 232 g/mol. The van der Waals surface area contributed by atoms with Crippen molar-refractivity contribution in [2.75, 3.05) is 19.8 Å². The molecule has 1 heterocycles. The second-order valence-corrected chi connectivity index (χ2v) is 10.7. The first-order valence-electron chi connectivity index (χ1n) is 5.64. The molecule has 0 aromatic heterocycles. The predicted molar refractivity (Wildman–Crippen MR) is 63.5 cm³/mol. The summed E-state index contributed by atoms with van der Waals surface area (Å²) in [5, 5.41) is 9.41. The zero-order valence-corrected chi connectivity index (χ0v) is 11.5. The lowest BCUT2D eigenvalue weighted by Gasteiger charge is -2.39. The third kappa shape index (κ3) is 3.03. The first-order chi connectivity index (χ1) is 6.78. The van der Waals surface area contributed by atoms with Gasteiger partial charge in [-0.05, 0) is 18.1 Å². The Hall–Kier alpha value is 0.0969. The average Bonchev–Trinajstić information content (AvgIpc) is 2.48. The topological polar surface area (TPSA) is 38.7 Å². The molecule has 0 unspecified atom stereocenters. The van der Waals surface area contributed by atoms with Crippen molar-refractivity contribution in [3.05, 3.63) is 0 Å². The lowest BCUT2D eigenvalue weighted by atomic mass is 10.1. The van der Waals surface area contributed by atoms with Crippen LogP contribution in [0, 0.1) is 5.92 Å². The number of hydrogen-bond acceptors (Lipinski definition) is 3. The van der Waals surface area contributed by atoms with Gasteiger partial charge in [0.1, 0.15) is 0 Å². The summed E-state index contributed by atoms with van der Waals surface area (Å²) in [7, 11) is -1.72. The Morgan fingerprint density at radius 3 is 2.40 bits per heavy atom. The first kappa shape index (κ1) is 13.2. The fourth-order valence-corrected chi connectivity index (χ4v) is 2.81. The van der Waals surface area contributed by atoms with Crippen molar-refractivity contribution in [1.29, 1.82) is 0 Å². The Labute approximate surface area is 93.9 Å². The molecule has 15 heavy (non-hydrogen) atoms. The SMILES string of the molecule is CC(C)(C)[Si](C)(C)O[C@@H]1COC[C@H]1CO. The molecule has 0 saturated carbocycles. The van der Waals surface area contributed by atoms with Crippen LogP contribution in [0.3, 0.4) is 0 Å². The van der Waals surface area contributed by atoms with Gasteiger partial charge in [0.25, 0.3) is 0 Å². The molecule has 4 heteroatoms. The van der Waals surface area contributed by atoms with E-state index in [2.05, 4.69) is 33.9 Å². The van der Waals surface area contributed by atoms with Gasteiger partial charge in [-0.25, -0.2) is 0 Å². The maximum Gasteiger partial charge on any atom is 0.192 e. The van der Waals surface area contributed by atoms with Gasteiger partial charge in [-0.2, -0.15) is 0 Å². The molecule has 1 fully saturated rings. The number of hydrogen-bond donors (Lipinski definition) is 1. The van der Waals surface area contributed by atoms with E-state index in [0.29, 0.717) is 13.2 Å². The Kier molecular flexibility index (Phi) is 3.98. The summed E-state index contributed by atoms with van der Waals surface area (Å²) in [4.78, 5) is 0. The molecular weight excluding hydrogens is 208 g/mol. The number of aliphatic hydroxyl groups is 1. The van der Waals surface area contributed by atoms with E-state index in [9.17, 15) is 5.11 Å². The van der Waals surface area contributed by atoms with Gasteiger partial charge in [-0.3, -0.25) is 0 Å². The quantitative estimate of drug-likeness (QED) is 0.757. The van der Waals surface area contributed by atoms with Crippen LogP contribution in [0.2, 0.25) is 18.1 Å². The second kappa shape index (κ2) is 4.53. The van der Waals surface area contributed by atoms with Gasteiger partial charge < -0.3 is 14.3 Å². The molecule has 1 rings (SSSR count). The highest BCUT2D eigenvalue weighted by Crippen LogP contribution is 2.38. The molecule has 1 aliphatic heterocycles. The Morgan fingerprint density at radius 1 is 1.33 bits per heavy atom. The molecule has 0 aromatic carbocycles. The van der Waals surface area contributed by atoms with Crippen molar-refractivity contribution in [2.45, 2.75) is 45.0 Å². The van der Waals surface area contributed by atoms with Crippen LogP contribution in [-0.4, -0.2) is 39.3 Å². The highest BCUT2D eigenvalue weighted by atomic mass is 28.4. The third-order valence-electron chi connectivity index (χ3n) is 3.63. The van der Waals surface area contributed by atoms with Crippen LogP contribution in [0.4, 0.5) is 0 Å². The van der Waals surface area contributed by atoms with Crippen LogP contribution in [0.5, 0.6) is 0 Å². The number of aliphatic hydroxyl groups excluding tert-OH is 1. The van der Waals surface area contributed by atoms with Crippen LogP contribution < -0.4 is 0 Å². The van der Waals surface area contributed by atoms with E-state index < -0.39 is 8.32 Å². The van der Waals surface area contributed by atoms with Gasteiger partial charge in [0.05, 0.1) is 25.9 Å². The van der Waals surface area contributed by atoms with Gasteiger partial charge in [0.2, 0.25) is 0 Å². The molecule has 0 radical (unpaired) electrons. The maximum absolute atomic E-state index is 9.19. The minimum atomic E-state index is -1.72. The molecule has 2 atom stereocenters. The van der Waals surface area contributed by atoms with E-state index in [1.54, 1.807) is 0 Å². The summed E-state index contributed by atoms with van der Waals surface area (Å²) >= 11 is 0. The molecule has 3 nitrogen and oxygen atoms in total. The highest BCUT2D eigenvalue weighted by molar-refractivity contribution is 6.74. The Bertz CT molecular complexity index is 210. The predicted octanol–water partition coefficient (Wildman–Crippen LogP) is 2.02. The lowest BCUT2D eigenvalue weighted by molar-refractivity contribution is 0.106. The van der Waals surface area contributed by atoms with Gasteiger partial charge in [-0.1, -0.05) is 20.8 Å². The number of ether oxygens (including phenoxy) is 1. The van der Waals surface area contributed by atoms with Crippen LogP contribution in [0.15, 0.2) is 0 Å². The van der Waals surface area contributed by atoms with Crippen molar-refractivity contribution in [3.8, 4) is 0 Å². The molecule has 0 aromatic rings. The Morgan fingerprint density at radius 2 is 1.93 bits per heavy atom. The first-order valence-corrected chi connectivity index (χ1v) is 8.55. The molecule has 0 aliphatic carbocycles. The van der Waals surface area contributed by atoms with Crippen LogP contribution in [-0.2, 0) is 9.16 Å². The molecule has 90 valence electrons. The summed E-state index contributed by atoms with van der Waals surface area (Å²) < 4.78 is 11.6. The summed E-state index contributed by atoms with van der Waals surface area (Å²) in [6.45, 7) is 12.6. The van der Waals surface area contributed by atoms with Crippen molar-refractivity contribution in [3.63, 3.8) is 0 Å². The van der Waals surface area contributed by atoms with E-state index in [1.807, 2.05) is 0 Å². The summed E-state index contributed by atoms with van der Waals surface area (Å²) in [5.41, 5.74) is 0. The zero-order chi connectivity index (χ0) is 11.7. The van der Waals surface area contributed by atoms with E-state index in [-0.39, 0.29) is 23.7 Å². The van der Waals surface area contributed by atoms with E-state index in [1.165, 1.54) is 0 Å². The Balaban J connectivity index is 2.60. The van der Waals surface area contributed by atoms with Crippen molar-refractivity contribution in [1.82, 2.24) is 0 Å². The largest absolute Gasteiger partial charge is 0.411 e. The zero-order valence-electron chi connectivity index (χ0n) is 10.5. The van der Waals surface area contributed by atoms with Gasteiger partial charge in [0, 0.05) is 5.92 Å². The molecule has 1 saturated heterocycles. The molecule has 0 spiro atoms. The van der Waals surface area contributed by atoms with Gasteiger partial charge in [0.15, 0.2) is 8.32 Å². The second-order valence-electron chi connectivity index (χ2n) is 5.90. The summed E-state index contributed by atoms with van der Waals surface area (Å²) in [6, 6.07) is 0. The minimum absolute atomic E-state index is 0.0934. The van der Waals surface area contributed by atoms with Crippen molar-refractivity contribution in [2.24, 2.45) is 5.92 Å². The van der Waals surface area contributed by atoms with Crippen molar-refractivity contribution >= 4 is 8.32 Å². The number of rotatable bonds is 3. The molecule has 1 aliphatic rings. The molecule has 0 amide bonds. The normalized spacial score (nSPS) is 28.4. The fraction of sp³-hybridized carbons (Fsp3) is 1.00. The lowest BCUT2D eigenvalue weighted by Crippen LogP contribution is -2.46. The van der Waals surface area contributed by atoms with Gasteiger partial charge in [-0.15, -0.1) is 0 Å². The van der Waals surface area contributed by atoms with Crippen LogP contribution >= 0.6 is 0 Å².